The van der Waals surface area contributed by atoms with Crippen LogP contribution in [0.5, 0.6) is 0 Å². The van der Waals surface area contributed by atoms with Crippen LogP contribution in [0.2, 0.25) is 0 Å². The molecule has 1 amide bonds. The van der Waals surface area contributed by atoms with E-state index < -0.39 is 0 Å². The first-order chi connectivity index (χ1) is 10.1. The highest BCUT2D eigenvalue weighted by atomic mass is 32.2. The third kappa shape index (κ3) is 5.04. The van der Waals surface area contributed by atoms with Crippen molar-refractivity contribution in [2.45, 2.75) is 24.0 Å². The van der Waals surface area contributed by atoms with Crippen LogP contribution < -0.4 is 5.43 Å². The Labute approximate surface area is 128 Å². The number of carbonyl (C=O) groups is 1. The van der Waals surface area contributed by atoms with Gasteiger partial charge in [-0.25, -0.2) is 5.43 Å². The summed E-state index contributed by atoms with van der Waals surface area (Å²) in [6, 6.07) is 13.6. The topological polar surface area (TPSA) is 54.4 Å². The van der Waals surface area contributed by atoms with Gasteiger partial charge >= 0.3 is 0 Å². The molecule has 1 atom stereocenters. The SMILES string of the molecule is Cc1ccc(S[C@@H](C)C(=O)N/N=C\c2ccccn2)cc1. The van der Waals surface area contributed by atoms with Gasteiger partial charge < -0.3 is 0 Å². The molecule has 21 heavy (non-hydrogen) atoms. The minimum atomic E-state index is -0.214. The lowest BCUT2D eigenvalue weighted by Crippen LogP contribution is -2.26. The molecule has 0 bridgehead atoms. The summed E-state index contributed by atoms with van der Waals surface area (Å²) in [5.41, 5.74) is 4.44. The van der Waals surface area contributed by atoms with Crippen molar-refractivity contribution in [3.63, 3.8) is 0 Å². The van der Waals surface area contributed by atoms with Gasteiger partial charge in [-0.1, -0.05) is 23.8 Å². The summed E-state index contributed by atoms with van der Waals surface area (Å²) in [5.74, 6) is -0.132. The molecule has 1 N–H and O–H groups in total. The Morgan fingerprint density at radius 3 is 2.71 bits per heavy atom. The number of aromatic nitrogens is 1. The zero-order valence-electron chi connectivity index (χ0n) is 12.0. The van der Waals surface area contributed by atoms with Gasteiger partial charge in [-0.3, -0.25) is 9.78 Å². The van der Waals surface area contributed by atoms with E-state index in [4.69, 9.17) is 0 Å². The van der Waals surface area contributed by atoms with E-state index in [1.807, 2.05) is 56.3 Å². The average Bonchev–Trinajstić information content (AvgIpc) is 2.50. The van der Waals surface area contributed by atoms with Crippen molar-refractivity contribution in [2.75, 3.05) is 0 Å². The number of pyridine rings is 1. The van der Waals surface area contributed by atoms with E-state index in [0.717, 1.165) is 4.90 Å². The number of benzene rings is 1. The first kappa shape index (κ1) is 15.3. The second-order valence-corrected chi connectivity index (χ2v) is 5.98. The normalized spacial score (nSPS) is 12.3. The summed E-state index contributed by atoms with van der Waals surface area (Å²) in [6.07, 6.45) is 3.21. The smallest absolute Gasteiger partial charge is 0.253 e. The van der Waals surface area contributed by atoms with E-state index in [1.54, 1.807) is 6.20 Å². The Bertz CT molecular complexity index is 611. The van der Waals surface area contributed by atoms with Gasteiger partial charge in [0.15, 0.2) is 0 Å². The quantitative estimate of drug-likeness (QED) is 0.524. The zero-order chi connectivity index (χ0) is 15.1. The number of rotatable bonds is 5. The number of nitrogens with zero attached hydrogens (tertiary/aromatic N) is 2. The number of hydrogen-bond acceptors (Lipinski definition) is 4. The molecule has 1 heterocycles. The predicted octanol–water partition coefficient (Wildman–Crippen LogP) is 3.02. The van der Waals surface area contributed by atoms with Crippen LogP contribution in [0, 0.1) is 6.92 Å². The number of nitrogens with one attached hydrogen (secondary N) is 1. The molecule has 2 rings (SSSR count). The third-order valence-corrected chi connectivity index (χ3v) is 3.87. The average molecular weight is 299 g/mol. The van der Waals surface area contributed by atoms with Crippen LogP contribution in [0.4, 0.5) is 0 Å². The molecule has 1 aromatic heterocycles. The monoisotopic (exact) mass is 299 g/mol. The molecule has 0 aliphatic carbocycles. The summed E-state index contributed by atoms with van der Waals surface area (Å²) >= 11 is 1.51. The number of thioether (sulfide) groups is 1. The number of hydrogen-bond donors (Lipinski definition) is 1. The zero-order valence-corrected chi connectivity index (χ0v) is 12.8. The van der Waals surface area contributed by atoms with E-state index in [9.17, 15) is 4.79 Å². The predicted molar refractivity (Wildman–Crippen MR) is 86.5 cm³/mol. The Balaban J connectivity index is 1.85. The summed E-state index contributed by atoms with van der Waals surface area (Å²) in [4.78, 5) is 17.1. The van der Waals surface area contributed by atoms with Crippen molar-refractivity contribution in [1.29, 1.82) is 0 Å². The molecule has 0 spiro atoms. The summed E-state index contributed by atoms with van der Waals surface area (Å²) in [6.45, 7) is 3.90. The van der Waals surface area contributed by atoms with Crippen LogP contribution in [0.25, 0.3) is 0 Å². The van der Waals surface area contributed by atoms with Gasteiger partial charge in [0.05, 0.1) is 17.2 Å². The molecule has 4 nitrogen and oxygen atoms in total. The molecular weight excluding hydrogens is 282 g/mol. The Morgan fingerprint density at radius 1 is 1.29 bits per heavy atom. The van der Waals surface area contributed by atoms with Crippen molar-refractivity contribution in [1.82, 2.24) is 10.4 Å². The minimum Gasteiger partial charge on any atom is -0.272 e. The Morgan fingerprint density at radius 2 is 2.05 bits per heavy atom. The van der Waals surface area contributed by atoms with Gasteiger partial charge in [-0.05, 0) is 38.1 Å². The lowest BCUT2D eigenvalue weighted by atomic mass is 10.2. The molecule has 0 aliphatic heterocycles. The van der Waals surface area contributed by atoms with Gasteiger partial charge in [-0.2, -0.15) is 5.10 Å². The molecule has 0 aliphatic rings. The van der Waals surface area contributed by atoms with Crippen LogP contribution >= 0.6 is 11.8 Å². The maximum atomic E-state index is 11.9. The van der Waals surface area contributed by atoms with Crippen molar-refractivity contribution >= 4 is 23.9 Å². The lowest BCUT2D eigenvalue weighted by Gasteiger charge is -2.09. The molecule has 2 aromatic rings. The van der Waals surface area contributed by atoms with E-state index in [0.29, 0.717) is 5.69 Å². The van der Waals surface area contributed by atoms with Crippen LogP contribution in [0.1, 0.15) is 18.2 Å². The summed E-state index contributed by atoms with van der Waals surface area (Å²) in [5, 5.41) is 3.70. The van der Waals surface area contributed by atoms with Crippen molar-refractivity contribution in [3.05, 3.63) is 59.9 Å². The molecule has 0 fully saturated rings. The Kier molecular flexibility index (Phi) is 5.51. The van der Waals surface area contributed by atoms with Gasteiger partial charge in [0.1, 0.15) is 0 Å². The second-order valence-electron chi connectivity index (χ2n) is 4.56. The van der Waals surface area contributed by atoms with Gasteiger partial charge in [0, 0.05) is 11.1 Å². The standard InChI is InChI=1S/C16H17N3OS/c1-12-6-8-15(9-7-12)21-13(2)16(20)19-18-11-14-5-3-4-10-17-14/h3-11,13H,1-2H3,(H,19,20)/b18-11-/t13-/m0/s1. The van der Waals surface area contributed by atoms with Crippen LogP contribution in [0.3, 0.4) is 0 Å². The second kappa shape index (κ2) is 7.59. The maximum Gasteiger partial charge on any atom is 0.253 e. The van der Waals surface area contributed by atoms with E-state index in [1.165, 1.54) is 23.5 Å². The fourth-order valence-electron chi connectivity index (χ4n) is 1.58. The number of aryl methyl sites for hydroxylation is 1. The fraction of sp³-hybridized carbons (Fsp3) is 0.188. The van der Waals surface area contributed by atoms with Gasteiger partial charge in [0.2, 0.25) is 0 Å². The highest BCUT2D eigenvalue weighted by molar-refractivity contribution is 8.00. The third-order valence-electron chi connectivity index (χ3n) is 2.76. The fourth-order valence-corrected chi connectivity index (χ4v) is 2.44. The van der Waals surface area contributed by atoms with Crippen LogP contribution in [-0.2, 0) is 4.79 Å². The van der Waals surface area contributed by atoms with E-state index in [2.05, 4.69) is 15.5 Å². The van der Waals surface area contributed by atoms with Gasteiger partial charge in [0.25, 0.3) is 5.91 Å². The maximum absolute atomic E-state index is 11.9. The van der Waals surface area contributed by atoms with Crippen LogP contribution in [-0.4, -0.2) is 22.4 Å². The molecule has 1 aromatic carbocycles. The Hall–Kier alpha value is -2.14. The van der Waals surface area contributed by atoms with Crippen molar-refractivity contribution < 1.29 is 4.79 Å². The highest BCUT2D eigenvalue weighted by Gasteiger charge is 2.13. The molecule has 0 unspecified atom stereocenters. The summed E-state index contributed by atoms with van der Waals surface area (Å²) < 4.78 is 0. The first-order valence-corrected chi connectivity index (χ1v) is 7.50. The highest BCUT2D eigenvalue weighted by Crippen LogP contribution is 2.23. The summed E-state index contributed by atoms with van der Waals surface area (Å²) in [7, 11) is 0. The minimum absolute atomic E-state index is 0.132. The molecule has 0 saturated carbocycles. The largest absolute Gasteiger partial charge is 0.272 e. The molecular formula is C16H17N3OS. The molecule has 0 radical (unpaired) electrons. The van der Waals surface area contributed by atoms with Crippen molar-refractivity contribution in [2.24, 2.45) is 5.10 Å². The van der Waals surface area contributed by atoms with E-state index >= 15 is 0 Å². The first-order valence-electron chi connectivity index (χ1n) is 6.62. The number of amides is 1. The molecule has 108 valence electrons. The molecule has 0 saturated heterocycles. The van der Waals surface area contributed by atoms with Crippen molar-refractivity contribution in [3.8, 4) is 0 Å². The number of hydrazone groups is 1. The van der Waals surface area contributed by atoms with Gasteiger partial charge in [-0.15, -0.1) is 11.8 Å². The lowest BCUT2D eigenvalue weighted by molar-refractivity contribution is -0.120. The van der Waals surface area contributed by atoms with E-state index in [-0.39, 0.29) is 11.2 Å². The van der Waals surface area contributed by atoms with Crippen LogP contribution in [0.15, 0.2) is 58.7 Å². The number of carbonyl (C=O) groups excluding carboxylic acids is 1. The molecule has 5 heteroatoms.